The van der Waals surface area contributed by atoms with Crippen LogP contribution in [-0.4, -0.2) is 117 Å². The number of aryl methyl sites for hydroxylation is 1. The van der Waals surface area contributed by atoms with Crippen molar-refractivity contribution < 1.29 is 4.79 Å². The number of likely N-dealkylation sites (tertiary alicyclic amines) is 1. The largest absolute Gasteiger partial charge is 0.367 e. The van der Waals surface area contributed by atoms with Crippen LogP contribution >= 0.6 is 18.5 Å². The molecule has 5 rings (SSSR count). The van der Waals surface area contributed by atoms with E-state index >= 15 is 0 Å². The van der Waals surface area contributed by atoms with Gasteiger partial charge in [0, 0.05) is 56.6 Å². The Morgan fingerprint density at radius 2 is 1.63 bits per heavy atom. The van der Waals surface area contributed by atoms with Crippen molar-refractivity contribution in [1.29, 1.82) is 0 Å². The molecular weight excluding hydrogens is 688 g/mol. The number of carbonyl (C=O) groups excluding carboxylic acids is 1. The summed E-state index contributed by atoms with van der Waals surface area (Å²) in [7, 11) is 5.65. The topological polar surface area (TPSA) is 128 Å². The zero-order valence-corrected chi connectivity index (χ0v) is 33.7. The smallest absolute Gasteiger partial charge is 0.225 e. The molecule has 288 valence electrons. The third kappa shape index (κ3) is 14.1. The maximum absolute atomic E-state index is 13.0. The number of hydrogen-bond donors (Lipinski definition) is 4. The number of unbranched alkanes of at least 4 members (excludes halogenated alkanes) is 2. The number of aromatic nitrogens is 5. The highest BCUT2D eigenvalue weighted by Crippen LogP contribution is 2.25. The maximum Gasteiger partial charge on any atom is 0.225 e. The Hall–Kier alpha value is -2.49. The van der Waals surface area contributed by atoms with Crippen molar-refractivity contribution in [1.82, 2.24) is 45.4 Å². The molecule has 3 aromatic rings. The third-order valence-corrected chi connectivity index (χ3v) is 10.9. The number of fused-ring (bicyclic) bond motifs is 1. The van der Waals surface area contributed by atoms with Crippen LogP contribution in [0.2, 0.25) is 0 Å². The van der Waals surface area contributed by atoms with Gasteiger partial charge in [0.25, 0.3) is 0 Å². The van der Waals surface area contributed by atoms with E-state index in [-0.39, 0.29) is 6.04 Å². The number of benzene rings is 1. The molecular formula is C38H65N11OP2. The van der Waals surface area contributed by atoms with E-state index in [0.29, 0.717) is 24.8 Å². The fourth-order valence-corrected chi connectivity index (χ4v) is 8.13. The van der Waals surface area contributed by atoms with Crippen LogP contribution in [0.4, 0.5) is 11.8 Å². The number of hydrogen-bond acceptors (Lipinski definition) is 10. The molecule has 2 unspecified atom stereocenters. The van der Waals surface area contributed by atoms with E-state index in [0.717, 1.165) is 138 Å². The summed E-state index contributed by atoms with van der Waals surface area (Å²) < 4.78 is 1.92. The summed E-state index contributed by atoms with van der Waals surface area (Å²) in [6, 6.07) is 9.11. The minimum atomic E-state index is 0.252. The number of carbonyl (C=O) groups is 1. The number of anilines is 2. The van der Waals surface area contributed by atoms with E-state index < -0.39 is 0 Å². The van der Waals surface area contributed by atoms with Gasteiger partial charge in [0.05, 0.1) is 18.3 Å². The molecule has 0 spiro atoms. The van der Waals surface area contributed by atoms with Crippen molar-refractivity contribution in [2.75, 3.05) is 75.3 Å². The molecule has 3 heterocycles. The number of nitrogens with one attached hydrogen (secondary N) is 4. The highest BCUT2D eigenvalue weighted by molar-refractivity contribution is 7.16. The normalized spacial score (nSPS) is 15.9. The minimum absolute atomic E-state index is 0.252. The zero-order valence-electron chi connectivity index (χ0n) is 31.4. The predicted molar refractivity (Wildman–Crippen MR) is 221 cm³/mol. The van der Waals surface area contributed by atoms with Crippen molar-refractivity contribution >= 4 is 47.1 Å². The first kappa shape index (κ1) is 40.7. The van der Waals surface area contributed by atoms with Crippen LogP contribution < -0.4 is 21.3 Å². The molecule has 2 atom stereocenters. The zero-order chi connectivity index (χ0) is 36.2. The summed E-state index contributed by atoms with van der Waals surface area (Å²) in [5.41, 5.74) is 1.75. The predicted octanol–water partition coefficient (Wildman–Crippen LogP) is 5.14. The molecule has 1 aliphatic heterocycles. The van der Waals surface area contributed by atoms with Gasteiger partial charge in [-0.25, -0.2) is 4.98 Å². The number of piperidine rings is 1. The first-order valence-electron chi connectivity index (χ1n) is 20.1. The molecule has 12 nitrogen and oxygen atoms in total. The minimum Gasteiger partial charge on any atom is -0.367 e. The van der Waals surface area contributed by atoms with Crippen LogP contribution in [0.15, 0.2) is 30.5 Å². The molecule has 2 aromatic heterocycles. The van der Waals surface area contributed by atoms with Gasteiger partial charge in [-0.2, -0.15) is 4.98 Å². The SMILES string of the molecule is O=C(CCCCCN(CCP)CCP)N1CCC(Nc2nc(NCc3cn(CCCNCCCNC4CCCCC4)nn3)nc3ccccc23)CC1. The van der Waals surface area contributed by atoms with Crippen LogP contribution in [0, 0.1) is 0 Å². The number of para-hydroxylation sites is 1. The molecule has 1 saturated heterocycles. The first-order chi connectivity index (χ1) is 25.6. The van der Waals surface area contributed by atoms with Crippen LogP contribution in [-0.2, 0) is 17.9 Å². The standard InChI is InChI=1S/C38H65N11OP2/c50-36(15-5-2-8-21-47(25-27-51)26-28-52)48-23-16-32(17-24-48)42-37-34-13-6-7-14-35(34)43-38(44-37)41-29-33-30-49(46-45-33)22-10-19-39-18-9-20-40-31-11-3-1-4-12-31/h6-7,13-14,30-32,39-40H,1-5,8-12,15-29,51-52H2,(H2,41,42,43,44). The van der Waals surface area contributed by atoms with Gasteiger partial charge in [0.15, 0.2) is 0 Å². The van der Waals surface area contributed by atoms with Gasteiger partial charge in [-0.3, -0.25) is 9.48 Å². The Morgan fingerprint density at radius 3 is 2.44 bits per heavy atom. The second-order valence-electron chi connectivity index (χ2n) is 14.5. The summed E-state index contributed by atoms with van der Waals surface area (Å²) in [4.78, 5) is 27.2. The van der Waals surface area contributed by atoms with Crippen LogP contribution in [0.25, 0.3) is 10.9 Å². The van der Waals surface area contributed by atoms with E-state index in [4.69, 9.17) is 9.97 Å². The lowest BCUT2D eigenvalue weighted by atomic mass is 9.95. The average molecular weight is 754 g/mol. The molecule has 4 N–H and O–H groups in total. The Kier molecular flexibility index (Phi) is 18.3. The van der Waals surface area contributed by atoms with Crippen molar-refractivity contribution in [3.05, 3.63) is 36.2 Å². The Morgan fingerprint density at radius 1 is 0.846 bits per heavy atom. The summed E-state index contributed by atoms with van der Waals surface area (Å²) in [5.74, 6) is 1.69. The molecule has 0 bridgehead atoms. The van der Waals surface area contributed by atoms with Crippen LogP contribution in [0.5, 0.6) is 0 Å². The van der Waals surface area contributed by atoms with Crippen LogP contribution in [0.3, 0.4) is 0 Å². The van der Waals surface area contributed by atoms with Crippen LogP contribution in [0.1, 0.15) is 89.2 Å². The molecule has 1 amide bonds. The van der Waals surface area contributed by atoms with E-state index in [1.807, 2.05) is 29.1 Å². The van der Waals surface area contributed by atoms with Gasteiger partial charge in [0.2, 0.25) is 11.9 Å². The van der Waals surface area contributed by atoms with Crippen molar-refractivity contribution in [2.24, 2.45) is 0 Å². The van der Waals surface area contributed by atoms with E-state index in [9.17, 15) is 4.79 Å². The summed E-state index contributed by atoms with van der Waals surface area (Å²) >= 11 is 0. The van der Waals surface area contributed by atoms with E-state index in [2.05, 4.69) is 65.9 Å². The molecule has 14 heteroatoms. The Labute approximate surface area is 316 Å². The molecule has 1 aromatic carbocycles. The third-order valence-electron chi connectivity index (χ3n) is 10.4. The van der Waals surface area contributed by atoms with Gasteiger partial charge >= 0.3 is 0 Å². The molecule has 1 saturated carbocycles. The second-order valence-corrected chi connectivity index (χ2v) is 15.7. The van der Waals surface area contributed by atoms with Gasteiger partial charge in [-0.15, -0.1) is 23.6 Å². The molecule has 1 aliphatic carbocycles. The first-order valence-corrected chi connectivity index (χ1v) is 21.7. The molecule has 0 radical (unpaired) electrons. The monoisotopic (exact) mass is 753 g/mol. The lowest BCUT2D eigenvalue weighted by molar-refractivity contribution is -0.132. The number of nitrogens with zero attached hydrogens (tertiary/aromatic N) is 7. The van der Waals surface area contributed by atoms with Gasteiger partial charge in [0.1, 0.15) is 11.5 Å². The highest BCUT2D eigenvalue weighted by Gasteiger charge is 2.23. The van der Waals surface area contributed by atoms with Crippen molar-refractivity contribution in [3.63, 3.8) is 0 Å². The van der Waals surface area contributed by atoms with Gasteiger partial charge in [-0.1, -0.05) is 43.0 Å². The van der Waals surface area contributed by atoms with E-state index in [1.54, 1.807) is 0 Å². The molecule has 2 fully saturated rings. The Balaban J connectivity index is 0.996. The van der Waals surface area contributed by atoms with E-state index in [1.165, 1.54) is 38.5 Å². The molecule has 52 heavy (non-hydrogen) atoms. The lowest BCUT2D eigenvalue weighted by Crippen LogP contribution is -2.42. The highest BCUT2D eigenvalue weighted by atomic mass is 31.0. The summed E-state index contributed by atoms with van der Waals surface area (Å²) in [5, 5.41) is 24.1. The fourth-order valence-electron chi connectivity index (χ4n) is 7.40. The maximum atomic E-state index is 13.0. The Bertz CT molecular complexity index is 1440. The van der Waals surface area contributed by atoms with Crippen molar-refractivity contribution in [3.8, 4) is 0 Å². The second kappa shape index (κ2) is 23.3. The number of amides is 1. The van der Waals surface area contributed by atoms with Crippen molar-refractivity contribution in [2.45, 2.75) is 109 Å². The summed E-state index contributed by atoms with van der Waals surface area (Å²) in [6.07, 6.45) is 19.0. The number of rotatable bonds is 24. The van der Waals surface area contributed by atoms with Gasteiger partial charge < -0.3 is 31.1 Å². The lowest BCUT2D eigenvalue weighted by Gasteiger charge is -2.33. The average Bonchev–Trinajstić information content (AvgIpc) is 3.63. The fraction of sp³-hybridized carbons (Fsp3) is 0.711. The van der Waals surface area contributed by atoms with Gasteiger partial charge in [-0.05, 0) is 102 Å². The molecule has 2 aliphatic rings. The quantitative estimate of drug-likeness (QED) is 0.0722. The summed E-state index contributed by atoms with van der Waals surface area (Å²) in [6.45, 7) is 9.41.